The van der Waals surface area contributed by atoms with Gasteiger partial charge in [0.2, 0.25) is 0 Å². The van der Waals surface area contributed by atoms with Gasteiger partial charge < -0.3 is 4.74 Å². The van der Waals surface area contributed by atoms with Crippen molar-refractivity contribution in [1.82, 2.24) is 9.97 Å². The Balaban J connectivity index is 2.51. The molecule has 1 aromatic carbocycles. The van der Waals surface area contributed by atoms with Crippen LogP contribution in [0.1, 0.15) is 10.5 Å². The molecule has 0 saturated carbocycles. The zero-order valence-corrected chi connectivity index (χ0v) is 10.1. The van der Waals surface area contributed by atoms with Crippen LogP contribution in [-0.4, -0.2) is 23.0 Å². The Hall–Kier alpha value is -2.01. The maximum Gasteiger partial charge on any atom is 0.356 e. The van der Waals surface area contributed by atoms with Gasteiger partial charge >= 0.3 is 5.97 Å². The van der Waals surface area contributed by atoms with E-state index in [1.807, 2.05) is 0 Å². The van der Waals surface area contributed by atoms with Crippen LogP contribution in [0.2, 0.25) is 5.02 Å². The number of hydrogen-bond acceptors (Lipinski definition) is 4. The summed E-state index contributed by atoms with van der Waals surface area (Å²) in [5.74, 6) is -0.991. The normalized spacial score (nSPS) is 10.2. The molecule has 18 heavy (non-hydrogen) atoms. The highest BCUT2D eigenvalue weighted by molar-refractivity contribution is 6.33. The van der Waals surface area contributed by atoms with Crippen LogP contribution in [0.25, 0.3) is 11.4 Å². The molecule has 0 spiro atoms. The maximum atomic E-state index is 13.3. The molecule has 0 radical (unpaired) electrons. The van der Waals surface area contributed by atoms with Gasteiger partial charge in [0.15, 0.2) is 11.5 Å². The number of ether oxygens (including phenoxy) is 1. The Labute approximate surface area is 107 Å². The number of benzene rings is 1. The SMILES string of the molecule is COC(=O)c1ccnc(-c2cccc(F)c2Cl)n1. The number of aromatic nitrogens is 2. The van der Waals surface area contributed by atoms with Crippen LogP contribution in [0.5, 0.6) is 0 Å². The summed E-state index contributed by atoms with van der Waals surface area (Å²) in [4.78, 5) is 19.3. The van der Waals surface area contributed by atoms with E-state index in [4.69, 9.17) is 11.6 Å². The van der Waals surface area contributed by atoms with Crippen LogP contribution in [0.3, 0.4) is 0 Å². The summed E-state index contributed by atoms with van der Waals surface area (Å²) in [7, 11) is 1.25. The molecule has 0 aliphatic heterocycles. The van der Waals surface area contributed by atoms with Crippen LogP contribution in [0, 0.1) is 5.82 Å². The summed E-state index contributed by atoms with van der Waals surface area (Å²) in [6.07, 6.45) is 1.38. The third kappa shape index (κ3) is 2.31. The van der Waals surface area contributed by atoms with Crippen molar-refractivity contribution in [2.75, 3.05) is 7.11 Å². The summed E-state index contributed by atoms with van der Waals surface area (Å²) in [6.45, 7) is 0. The molecule has 0 bridgehead atoms. The average Bonchev–Trinajstić information content (AvgIpc) is 2.41. The third-order valence-electron chi connectivity index (χ3n) is 2.24. The highest BCUT2D eigenvalue weighted by Crippen LogP contribution is 2.27. The van der Waals surface area contributed by atoms with E-state index in [0.717, 1.165) is 0 Å². The molecule has 0 aliphatic rings. The van der Waals surface area contributed by atoms with Gasteiger partial charge in [-0.25, -0.2) is 19.2 Å². The van der Waals surface area contributed by atoms with Crippen LogP contribution in [0.4, 0.5) is 4.39 Å². The van der Waals surface area contributed by atoms with Gasteiger partial charge in [-0.3, -0.25) is 0 Å². The molecule has 0 atom stereocenters. The largest absolute Gasteiger partial charge is 0.464 e. The second kappa shape index (κ2) is 5.10. The lowest BCUT2D eigenvalue weighted by molar-refractivity contribution is 0.0594. The molecule has 1 aromatic heterocycles. The number of nitrogens with zero attached hydrogens (tertiary/aromatic N) is 2. The Morgan fingerprint density at radius 3 is 2.89 bits per heavy atom. The first-order chi connectivity index (χ1) is 8.63. The quantitative estimate of drug-likeness (QED) is 0.784. The first-order valence-corrected chi connectivity index (χ1v) is 5.37. The average molecular weight is 267 g/mol. The van der Waals surface area contributed by atoms with Gasteiger partial charge in [0.1, 0.15) is 5.82 Å². The van der Waals surface area contributed by atoms with Gasteiger partial charge in [-0.15, -0.1) is 0 Å². The Morgan fingerprint density at radius 1 is 1.39 bits per heavy atom. The van der Waals surface area contributed by atoms with Crippen molar-refractivity contribution in [3.05, 3.63) is 47.0 Å². The Morgan fingerprint density at radius 2 is 2.17 bits per heavy atom. The first-order valence-electron chi connectivity index (χ1n) is 4.99. The van der Waals surface area contributed by atoms with Crippen LogP contribution in [0.15, 0.2) is 30.5 Å². The van der Waals surface area contributed by atoms with Crippen molar-refractivity contribution in [3.63, 3.8) is 0 Å². The molecule has 1 heterocycles. The topological polar surface area (TPSA) is 52.1 Å². The lowest BCUT2D eigenvalue weighted by atomic mass is 10.2. The van der Waals surface area contributed by atoms with Crippen molar-refractivity contribution in [2.45, 2.75) is 0 Å². The third-order valence-corrected chi connectivity index (χ3v) is 2.63. The molecule has 0 unspecified atom stereocenters. The molecule has 92 valence electrons. The molecule has 2 aromatic rings. The van der Waals surface area contributed by atoms with Gasteiger partial charge in [-0.05, 0) is 18.2 Å². The van der Waals surface area contributed by atoms with E-state index in [-0.39, 0.29) is 16.5 Å². The van der Waals surface area contributed by atoms with Crippen LogP contribution in [-0.2, 0) is 4.74 Å². The minimum absolute atomic E-state index is 0.0838. The Kier molecular flexibility index (Phi) is 3.53. The number of halogens is 2. The molecule has 2 rings (SSSR count). The minimum atomic E-state index is -0.592. The monoisotopic (exact) mass is 266 g/mol. The molecule has 0 aliphatic carbocycles. The zero-order valence-electron chi connectivity index (χ0n) is 9.35. The number of hydrogen-bond donors (Lipinski definition) is 0. The smallest absolute Gasteiger partial charge is 0.356 e. The number of esters is 1. The predicted molar refractivity (Wildman–Crippen MR) is 63.8 cm³/mol. The van der Waals surface area contributed by atoms with Crippen molar-refractivity contribution >= 4 is 17.6 Å². The first kappa shape index (κ1) is 12.4. The highest BCUT2D eigenvalue weighted by atomic mass is 35.5. The summed E-state index contributed by atoms with van der Waals surface area (Å²) in [5, 5.41) is -0.0838. The van der Waals surface area contributed by atoms with E-state index >= 15 is 0 Å². The van der Waals surface area contributed by atoms with Gasteiger partial charge in [-0.1, -0.05) is 17.7 Å². The van der Waals surface area contributed by atoms with E-state index < -0.39 is 11.8 Å². The van der Waals surface area contributed by atoms with Gasteiger partial charge in [0, 0.05) is 11.8 Å². The summed E-state index contributed by atoms with van der Waals surface area (Å²) >= 11 is 5.82. The van der Waals surface area contributed by atoms with Gasteiger partial charge in [-0.2, -0.15) is 0 Å². The molecule has 0 N–H and O–H groups in total. The van der Waals surface area contributed by atoms with Crippen molar-refractivity contribution in [1.29, 1.82) is 0 Å². The fraction of sp³-hybridized carbons (Fsp3) is 0.0833. The summed E-state index contributed by atoms with van der Waals surface area (Å²) in [5.41, 5.74) is 0.408. The summed E-state index contributed by atoms with van der Waals surface area (Å²) < 4.78 is 17.9. The van der Waals surface area contributed by atoms with Crippen LogP contribution >= 0.6 is 11.6 Å². The molecule has 0 fully saturated rings. The number of carbonyl (C=O) groups is 1. The van der Waals surface area contributed by atoms with Crippen LogP contribution < -0.4 is 0 Å². The molecular weight excluding hydrogens is 259 g/mol. The Bertz CT molecular complexity index is 604. The second-order valence-electron chi connectivity index (χ2n) is 3.36. The van der Waals surface area contributed by atoms with Crippen molar-refractivity contribution in [3.8, 4) is 11.4 Å². The zero-order chi connectivity index (χ0) is 13.1. The van der Waals surface area contributed by atoms with E-state index in [0.29, 0.717) is 5.56 Å². The number of methoxy groups -OCH3 is 1. The standard InChI is InChI=1S/C12H8ClFN2O2/c1-18-12(17)9-5-6-15-11(16-9)7-3-2-4-8(14)10(7)13/h2-6H,1H3. The summed E-state index contributed by atoms with van der Waals surface area (Å²) in [6, 6.07) is 5.70. The molecular formula is C12H8ClFN2O2. The van der Waals surface area contributed by atoms with Gasteiger partial charge in [0.25, 0.3) is 0 Å². The molecule has 0 saturated heterocycles. The minimum Gasteiger partial charge on any atom is -0.464 e. The second-order valence-corrected chi connectivity index (χ2v) is 3.74. The number of carbonyl (C=O) groups excluding carboxylic acids is 1. The molecule has 0 amide bonds. The maximum absolute atomic E-state index is 13.3. The van der Waals surface area contributed by atoms with E-state index in [1.165, 1.54) is 31.5 Å². The fourth-order valence-electron chi connectivity index (χ4n) is 1.38. The fourth-order valence-corrected chi connectivity index (χ4v) is 1.59. The number of rotatable bonds is 2. The lowest BCUT2D eigenvalue weighted by Crippen LogP contribution is -2.05. The predicted octanol–water partition coefficient (Wildman–Crippen LogP) is 2.72. The van der Waals surface area contributed by atoms with E-state index in [2.05, 4.69) is 14.7 Å². The van der Waals surface area contributed by atoms with E-state index in [9.17, 15) is 9.18 Å². The van der Waals surface area contributed by atoms with Crippen molar-refractivity contribution in [2.24, 2.45) is 0 Å². The highest BCUT2D eigenvalue weighted by Gasteiger charge is 2.13. The molecule has 6 heteroatoms. The van der Waals surface area contributed by atoms with Crippen molar-refractivity contribution < 1.29 is 13.9 Å². The lowest BCUT2D eigenvalue weighted by Gasteiger charge is -2.04. The molecule has 4 nitrogen and oxygen atoms in total. The van der Waals surface area contributed by atoms with Gasteiger partial charge in [0.05, 0.1) is 12.1 Å². The van der Waals surface area contributed by atoms with E-state index in [1.54, 1.807) is 6.07 Å².